The van der Waals surface area contributed by atoms with Crippen LogP contribution in [0.25, 0.3) is 0 Å². The van der Waals surface area contributed by atoms with Gasteiger partial charge >= 0.3 is 6.03 Å². The molecule has 142 valence electrons. The molecule has 0 fully saturated rings. The summed E-state index contributed by atoms with van der Waals surface area (Å²) in [6.07, 6.45) is 1.99. The number of hydrogen-bond donors (Lipinski definition) is 1. The maximum Gasteiger partial charge on any atom is 0.318 e. The van der Waals surface area contributed by atoms with Crippen molar-refractivity contribution in [2.24, 2.45) is 0 Å². The largest absolute Gasteiger partial charge is 0.454 e. The molecule has 6 nitrogen and oxygen atoms in total. The van der Waals surface area contributed by atoms with Crippen molar-refractivity contribution in [2.45, 2.75) is 39.8 Å². The molecule has 2 aromatic heterocycles. The summed E-state index contributed by atoms with van der Waals surface area (Å²) in [7, 11) is 3.34. The van der Waals surface area contributed by atoms with Gasteiger partial charge in [0.25, 0.3) is 5.91 Å². The number of nitrogens with one attached hydrogen (secondary N) is 1. The lowest BCUT2D eigenvalue weighted by Gasteiger charge is -2.22. The summed E-state index contributed by atoms with van der Waals surface area (Å²) in [4.78, 5) is 30.1. The molecule has 7 heteroatoms. The Bertz CT molecular complexity index is 736. The van der Waals surface area contributed by atoms with Crippen molar-refractivity contribution in [1.29, 1.82) is 0 Å². The first-order chi connectivity index (χ1) is 12.4. The third-order valence-corrected chi connectivity index (χ3v) is 4.89. The van der Waals surface area contributed by atoms with Gasteiger partial charge in [0.05, 0.1) is 13.1 Å². The van der Waals surface area contributed by atoms with E-state index in [2.05, 4.69) is 31.3 Å². The molecule has 0 aliphatic carbocycles. The fourth-order valence-electron chi connectivity index (χ4n) is 2.44. The van der Waals surface area contributed by atoms with Crippen molar-refractivity contribution >= 4 is 23.3 Å². The number of hydrogen-bond acceptors (Lipinski definition) is 4. The van der Waals surface area contributed by atoms with E-state index in [9.17, 15) is 9.59 Å². The first-order valence-electron chi connectivity index (χ1n) is 8.79. The second kappa shape index (κ2) is 9.43. The molecular formula is C19H27N3O3S. The standard InChI is InChI=1S/C19H27N3O3S/c1-5-6-11-22(13-16-9-7-14(2)26-16)19(24)20-12-15-8-10-17(25-15)18(23)21(3)4/h7-10H,5-6,11-13H2,1-4H3,(H,20,24). The highest BCUT2D eigenvalue weighted by Gasteiger charge is 2.16. The molecule has 0 unspecified atom stereocenters. The Morgan fingerprint density at radius 1 is 1.19 bits per heavy atom. The van der Waals surface area contributed by atoms with Crippen molar-refractivity contribution in [1.82, 2.24) is 15.1 Å². The van der Waals surface area contributed by atoms with Crippen LogP contribution in [0.15, 0.2) is 28.7 Å². The van der Waals surface area contributed by atoms with Crippen LogP contribution in [-0.2, 0) is 13.1 Å². The molecule has 0 aliphatic rings. The zero-order chi connectivity index (χ0) is 19.1. The molecule has 2 heterocycles. The lowest BCUT2D eigenvalue weighted by Crippen LogP contribution is -2.39. The predicted octanol–water partition coefficient (Wildman–Crippen LogP) is 3.86. The summed E-state index contributed by atoms with van der Waals surface area (Å²) in [5.74, 6) is 0.641. The van der Waals surface area contributed by atoms with Gasteiger partial charge in [-0.05, 0) is 37.6 Å². The topological polar surface area (TPSA) is 65.8 Å². The number of urea groups is 1. The zero-order valence-electron chi connectivity index (χ0n) is 15.9. The number of rotatable bonds is 8. The van der Waals surface area contributed by atoms with Gasteiger partial charge < -0.3 is 19.5 Å². The Balaban J connectivity index is 1.94. The zero-order valence-corrected chi connectivity index (χ0v) is 16.7. The lowest BCUT2D eigenvalue weighted by molar-refractivity contribution is 0.0794. The van der Waals surface area contributed by atoms with Crippen molar-refractivity contribution in [3.8, 4) is 0 Å². The van der Waals surface area contributed by atoms with Crippen LogP contribution in [0.2, 0.25) is 0 Å². The van der Waals surface area contributed by atoms with Crippen LogP contribution in [0.1, 0.15) is 45.8 Å². The second-order valence-corrected chi connectivity index (χ2v) is 7.78. The molecule has 0 spiro atoms. The van der Waals surface area contributed by atoms with E-state index < -0.39 is 0 Å². The van der Waals surface area contributed by atoms with E-state index >= 15 is 0 Å². The molecular weight excluding hydrogens is 350 g/mol. The molecule has 0 saturated heterocycles. The highest BCUT2D eigenvalue weighted by molar-refractivity contribution is 7.11. The van der Waals surface area contributed by atoms with Gasteiger partial charge in [-0.25, -0.2) is 4.79 Å². The Hall–Kier alpha value is -2.28. The van der Waals surface area contributed by atoms with E-state index in [-0.39, 0.29) is 24.2 Å². The Morgan fingerprint density at radius 2 is 1.96 bits per heavy atom. The van der Waals surface area contributed by atoms with Crippen LogP contribution in [0, 0.1) is 6.92 Å². The number of nitrogens with zero attached hydrogens (tertiary/aromatic N) is 2. The van der Waals surface area contributed by atoms with Gasteiger partial charge in [-0.15, -0.1) is 11.3 Å². The van der Waals surface area contributed by atoms with Crippen molar-refractivity contribution in [3.63, 3.8) is 0 Å². The highest BCUT2D eigenvalue weighted by atomic mass is 32.1. The van der Waals surface area contributed by atoms with E-state index in [0.29, 0.717) is 18.8 Å². The second-order valence-electron chi connectivity index (χ2n) is 6.41. The number of amides is 3. The van der Waals surface area contributed by atoms with Crippen LogP contribution < -0.4 is 5.32 Å². The third-order valence-electron chi connectivity index (χ3n) is 3.90. The molecule has 0 aliphatic heterocycles. The quantitative estimate of drug-likeness (QED) is 0.759. The van der Waals surface area contributed by atoms with Crippen LogP contribution in [0.3, 0.4) is 0 Å². The number of thiophene rings is 1. The Morgan fingerprint density at radius 3 is 2.58 bits per heavy atom. The minimum atomic E-state index is -0.194. The first kappa shape index (κ1) is 20.0. The number of carbonyl (C=O) groups excluding carboxylic acids is 2. The SMILES string of the molecule is CCCCN(Cc1ccc(C)s1)C(=O)NCc1ccc(C(=O)N(C)C)o1. The van der Waals surface area contributed by atoms with E-state index in [1.807, 2.05) is 4.90 Å². The molecule has 2 rings (SSSR count). The minimum absolute atomic E-state index is 0.124. The van der Waals surface area contributed by atoms with Crippen molar-refractivity contribution in [3.05, 3.63) is 45.5 Å². The van der Waals surface area contributed by atoms with E-state index in [0.717, 1.165) is 12.8 Å². The fraction of sp³-hybridized carbons (Fsp3) is 0.474. The normalized spacial score (nSPS) is 10.6. The van der Waals surface area contributed by atoms with Gasteiger partial charge in [-0.2, -0.15) is 0 Å². The summed E-state index contributed by atoms with van der Waals surface area (Å²) in [5, 5.41) is 2.89. The molecule has 3 amide bonds. The first-order valence-corrected chi connectivity index (χ1v) is 9.60. The monoisotopic (exact) mass is 377 g/mol. The van der Waals surface area contributed by atoms with Crippen LogP contribution in [0.4, 0.5) is 4.79 Å². The summed E-state index contributed by atoms with van der Waals surface area (Å²) in [6.45, 7) is 5.74. The Kier molecular flexibility index (Phi) is 7.26. The summed E-state index contributed by atoms with van der Waals surface area (Å²) >= 11 is 1.71. The maximum atomic E-state index is 12.6. The third kappa shape index (κ3) is 5.62. The molecule has 0 saturated carbocycles. The smallest absolute Gasteiger partial charge is 0.318 e. The van der Waals surface area contributed by atoms with Crippen LogP contribution in [-0.4, -0.2) is 42.4 Å². The summed E-state index contributed by atoms with van der Waals surface area (Å²) in [5.41, 5.74) is 0. The highest BCUT2D eigenvalue weighted by Crippen LogP contribution is 2.18. The van der Waals surface area contributed by atoms with Gasteiger partial charge in [-0.3, -0.25) is 4.79 Å². The molecule has 0 aromatic carbocycles. The van der Waals surface area contributed by atoms with Gasteiger partial charge in [-0.1, -0.05) is 13.3 Å². The molecule has 0 atom stereocenters. The summed E-state index contributed by atoms with van der Waals surface area (Å²) in [6, 6.07) is 7.37. The Labute approximate surface area is 158 Å². The predicted molar refractivity (Wildman–Crippen MR) is 103 cm³/mol. The molecule has 0 radical (unpaired) electrons. The van der Waals surface area contributed by atoms with Gasteiger partial charge in [0, 0.05) is 30.4 Å². The van der Waals surface area contributed by atoms with E-state index in [1.165, 1.54) is 14.7 Å². The average molecular weight is 378 g/mol. The fourth-order valence-corrected chi connectivity index (χ4v) is 3.35. The van der Waals surface area contributed by atoms with Crippen molar-refractivity contribution in [2.75, 3.05) is 20.6 Å². The number of furan rings is 1. The number of aryl methyl sites for hydroxylation is 1. The van der Waals surface area contributed by atoms with Crippen molar-refractivity contribution < 1.29 is 14.0 Å². The summed E-state index contributed by atoms with van der Waals surface area (Å²) < 4.78 is 5.52. The van der Waals surface area contributed by atoms with E-state index in [4.69, 9.17) is 4.42 Å². The molecule has 2 aromatic rings. The van der Waals surface area contributed by atoms with Crippen LogP contribution >= 0.6 is 11.3 Å². The molecule has 1 N–H and O–H groups in total. The average Bonchev–Trinajstić information content (AvgIpc) is 3.24. The van der Waals surface area contributed by atoms with Crippen LogP contribution in [0.5, 0.6) is 0 Å². The minimum Gasteiger partial charge on any atom is -0.454 e. The van der Waals surface area contributed by atoms with Gasteiger partial charge in [0.2, 0.25) is 0 Å². The molecule has 0 bridgehead atoms. The number of carbonyl (C=O) groups is 2. The van der Waals surface area contributed by atoms with E-state index in [1.54, 1.807) is 37.6 Å². The maximum absolute atomic E-state index is 12.6. The van der Waals surface area contributed by atoms with Gasteiger partial charge in [0.15, 0.2) is 5.76 Å². The lowest BCUT2D eigenvalue weighted by atomic mass is 10.3. The number of unbranched alkanes of at least 4 members (excludes halogenated alkanes) is 1. The van der Waals surface area contributed by atoms with Gasteiger partial charge in [0.1, 0.15) is 5.76 Å². The molecule has 26 heavy (non-hydrogen) atoms.